The lowest BCUT2D eigenvalue weighted by Gasteiger charge is -2.22. The average Bonchev–Trinajstić information content (AvgIpc) is 3.45. The minimum Gasteiger partial charge on any atom is -0.323 e. The van der Waals surface area contributed by atoms with E-state index in [1.807, 2.05) is 6.92 Å². The molecule has 16 heteroatoms. The molecular weight excluding hydrogens is 578 g/mol. The van der Waals surface area contributed by atoms with Crippen molar-refractivity contribution in [1.82, 2.24) is 29.9 Å². The van der Waals surface area contributed by atoms with Crippen LogP contribution in [0.25, 0.3) is 11.3 Å². The number of benzene rings is 1. The van der Waals surface area contributed by atoms with Crippen LogP contribution < -0.4 is 10.2 Å². The fourth-order valence-corrected chi connectivity index (χ4v) is 5.48. The van der Waals surface area contributed by atoms with Gasteiger partial charge in [-0.05, 0) is 37.8 Å². The third-order valence-electron chi connectivity index (χ3n) is 6.52. The Bertz CT molecular complexity index is 1830. The average molecular weight is 607 g/mol. The number of aromatic nitrogens is 6. The normalized spacial score (nSPS) is 13.9. The van der Waals surface area contributed by atoms with E-state index in [0.29, 0.717) is 22.9 Å². The highest BCUT2D eigenvalue weighted by molar-refractivity contribution is 7.91. The van der Waals surface area contributed by atoms with Crippen molar-refractivity contribution in [2.45, 2.75) is 37.1 Å². The van der Waals surface area contributed by atoms with Crippen LogP contribution in [0.15, 0.2) is 35.5 Å². The molecule has 3 heterocycles. The van der Waals surface area contributed by atoms with Crippen molar-refractivity contribution in [3.8, 4) is 11.3 Å². The summed E-state index contributed by atoms with van der Waals surface area (Å²) in [6.07, 6.45) is 6.96. The Morgan fingerprint density at radius 3 is 2.34 bits per heavy atom. The monoisotopic (exact) mass is 606 g/mol. The summed E-state index contributed by atoms with van der Waals surface area (Å²) in [5, 5.41) is 14.5. The summed E-state index contributed by atoms with van der Waals surface area (Å²) >= 11 is 0. The van der Waals surface area contributed by atoms with Crippen LogP contribution in [0.4, 0.5) is 32.1 Å². The number of H-pyrrole nitrogens is 1. The standard InChI is InChI=1S/C25H28F2N8O4S2/c1-14-9-20(33-32-14)29-24-21(15-5-6-15)22(16-12-28-35(13-16)7-8-40(3,36)37)30-25(31-24)34(2)23-18(26)10-17(11-19(23)27)41(4,38)39/h9-13,15H,5-8H2,1-4H3,(H2,29,30,31,32,33). The molecular formula is C25H28F2N8O4S2. The zero-order valence-corrected chi connectivity index (χ0v) is 24.3. The van der Waals surface area contributed by atoms with Crippen molar-refractivity contribution in [3.63, 3.8) is 0 Å². The molecule has 4 aromatic rings. The molecule has 218 valence electrons. The van der Waals surface area contributed by atoms with E-state index in [-0.39, 0.29) is 24.2 Å². The number of aromatic amines is 1. The number of anilines is 4. The molecule has 1 aliphatic rings. The largest absolute Gasteiger partial charge is 0.323 e. The van der Waals surface area contributed by atoms with Crippen LogP contribution in [0.5, 0.6) is 0 Å². The lowest BCUT2D eigenvalue weighted by molar-refractivity contribution is 0.569. The first-order valence-electron chi connectivity index (χ1n) is 12.5. The molecule has 1 aromatic carbocycles. The number of rotatable bonds is 10. The van der Waals surface area contributed by atoms with Crippen molar-refractivity contribution in [3.05, 3.63) is 53.5 Å². The Labute approximate surface area is 235 Å². The predicted octanol–water partition coefficient (Wildman–Crippen LogP) is 3.49. The Morgan fingerprint density at radius 2 is 1.78 bits per heavy atom. The first-order valence-corrected chi connectivity index (χ1v) is 16.5. The molecule has 3 aromatic heterocycles. The van der Waals surface area contributed by atoms with Gasteiger partial charge in [0.2, 0.25) is 5.95 Å². The highest BCUT2D eigenvalue weighted by Gasteiger charge is 2.33. The fraction of sp³-hybridized carbons (Fsp3) is 0.360. The first-order chi connectivity index (χ1) is 19.2. The van der Waals surface area contributed by atoms with Crippen molar-refractivity contribution < 1.29 is 25.6 Å². The van der Waals surface area contributed by atoms with Gasteiger partial charge in [0.15, 0.2) is 27.3 Å². The minimum atomic E-state index is -3.85. The molecule has 0 amide bonds. The molecule has 5 rings (SSSR count). The summed E-state index contributed by atoms with van der Waals surface area (Å²) in [5.74, 6) is -1.42. The van der Waals surface area contributed by atoms with Gasteiger partial charge in [-0.3, -0.25) is 9.78 Å². The van der Waals surface area contributed by atoms with Gasteiger partial charge in [0, 0.05) is 48.6 Å². The van der Waals surface area contributed by atoms with E-state index in [9.17, 15) is 16.8 Å². The smallest absolute Gasteiger partial charge is 0.232 e. The number of halogens is 2. The zero-order valence-electron chi connectivity index (χ0n) is 22.7. The molecule has 0 radical (unpaired) electrons. The van der Waals surface area contributed by atoms with Crippen LogP contribution in [-0.4, -0.2) is 72.1 Å². The maximum Gasteiger partial charge on any atom is 0.232 e. The highest BCUT2D eigenvalue weighted by Crippen LogP contribution is 2.48. The number of nitrogens with zero attached hydrogens (tertiary/aromatic N) is 6. The summed E-state index contributed by atoms with van der Waals surface area (Å²) in [6, 6.07) is 3.27. The second kappa shape index (κ2) is 10.5. The van der Waals surface area contributed by atoms with Gasteiger partial charge in [0.05, 0.1) is 29.1 Å². The van der Waals surface area contributed by atoms with Crippen LogP contribution in [-0.2, 0) is 26.2 Å². The topological polar surface area (TPSA) is 156 Å². The van der Waals surface area contributed by atoms with Gasteiger partial charge in [0.1, 0.15) is 21.3 Å². The molecule has 0 atom stereocenters. The Kier molecular flexibility index (Phi) is 7.31. The summed E-state index contributed by atoms with van der Waals surface area (Å²) in [7, 11) is -5.70. The molecule has 0 spiro atoms. The third kappa shape index (κ3) is 6.37. The van der Waals surface area contributed by atoms with Crippen LogP contribution in [0.1, 0.15) is 30.0 Å². The van der Waals surface area contributed by atoms with Crippen molar-refractivity contribution in [1.29, 1.82) is 0 Å². The van der Waals surface area contributed by atoms with Gasteiger partial charge in [-0.2, -0.15) is 15.2 Å². The maximum atomic E-state index is 15.2. The summed E-state index contributed by atoms with van der Waals surface area (Å²) in [4.78, 5) is 9.92. The summed E-state index contributed by atoms with van der Waals surface area (Å²) in [6.45, 7) is 1.97. The van der Waals surface area contributed by atoms with E-state index in [2.05, 4.69) is 30.6 Å². The minimum absolute atomic E-state index is 0.0760. The molecule has 1 fully saturated rings. The van der Waals surface area contributed by atoms with E-state index in [4.69, 9.17) is 0 Å². The molecule has 0 unspecified atom stereocenters. The highest BCUT2D eigenvalue weighted by atomic mass is 32.2. The second-order valence-corrected chi connectivity index (χ2v) is 14.4. The molecule has 1 saturated carbocycles. The van der Waals surface area contributed by atoms with E-state index in [0.717, 1.165) is 53.6 Å². The van der Waals surface area contributed by atoms with Gasteiger partial charge >= 0.3 is 0 Å². The molecule has 1 aliphatic carbocycles. The lowest BCUT2D eigenvalue weighted by atomic mass is 10.1. The molecule has 12 nitrogen and oxygen atoms in total. The SMILES string of the molecule is Cc1cc(Nc2nc(N(C)c3c(F)cc(S(C)(=O)=O)cc3F)nc(-c3cnn(CCS(C)(=O)=O)c3)c2C2CC2)n[nH]1. The van der Waals surface area contributed by atoms with Crippen LogP contribution in [0.2, 0.25) is 0 Å². The fourth-order valence-electron chi connectivity index (χ4n) is 4.33. The van der Waals surface area contributed by atoms with Crippen molar-refractivity contribution in [2.75, 3.05) is 35.5 Å². The maximum absolute atomic E-state index is 15.2. The van der Waals surface area contributed by atoms with E-state index >= 15 is 8.78 Å². The number of aryl methyl sites for hydroxylation is 2. The second-order valence-electron chi connectivity index (χ2n) is 10.2. The molecule has 41 heavy (non-hydrogen) atoms. The Morgan fingerprint density at radius 1 is 1.10 bits per heavy atom. The quantitative estimate of drug-likeness (QED) is 0.274. The summed E-state index contributed by atoms with van der Waals surface area (Å²) < 4.78 is 78.9. The van der Waals surface area contributed by atoms with Crippen molar-refractivity contribution in [2.24, 2.45) is 0 Å². The molecule has 0 bridgehead atoms. The van der Waals surface area contributed by atoms with E-state index in [1.54, 1.807) is 18.5 Å². The molecule has 2 N–H and O–H groups in total. The number of sulfone groups is 2. The third-order valence-corrected chi connectivity index (χ3v) is 8.54. The predicted molar refractivity (Wildman–Crippen MR) is 149 cm³/mol. The lowest BCUT2D eigenvalue weighted by Crippen LogP contribution is -2.19. The number of nitrogens with one attached hydrogen (secondary N) is 2. The zero-order chi connectivity index (χ0) is 29.7. The van der Waals surface area contributed by atoms with Crippen LogP contribution in [0.3, 0.4) is 0 Å². The van der Waals surface area contributed by atoms with Gasteiger partial charge in [-0.1, -0.05) is 0 Å². The van der Waals surface area contributed by atoms with Crippen molar-refractivity contribution >= 4 is 42.9 Å². The van der Waals surface area contributed by atoms with Gasteiger partial charge in [0.25, 0.3) is 0 Å². The van der Waals surface area contributed by atoms with Gasteiger partial charge in [-0.15, -0.1) is 0 Å². The molecule has 0 saturated heterocycles. The van der Waals surface area contributed by atoms with Crippen LogP contribution in [0, 0.1) is 18.6 Å². The Balaban J connectivity index is 1.64. The summed E-state index contributed by atoms with van der Waals surface area (Å²) in [5.41, 5.74) is 2.05. The van der Waals surface area contributed by atoms with Gasteiger partial charge < -0.3 is 10.2 Å². The Hall–Kier alpha value is -3.92. The van der Waals surface area contributed by atoms with E-state index in [1.165, 1.54) is 11.7 Å². The van der Waals surface area contributed by atoms with Crippen LogP contribution >= 0.6 is 0 Å². The number of hydrogen-bond donors (Lipinski definition) is 2. The first kappa shape index (κ1) is 28.6. The molecule has 0 aliphatic heterocycles. The van der Waals surface area contributed by atoms with E-state index < -0.39 is 41.9 Å². The van der Waals surface area contributed by atoms with Gasteiger partial charge in [-0.25, -0.2) is 30.6 Å². The number of hydrogen-bond acceptors (Lipinski definition) is 10.